The number of carboxylic acids is 1. The molecule has 2 fully saturated rings. The molecule has 2 aromatic rings. The van der Waals surface area contributed by atoms with Crippen LogP contribution in [0.4, 0.5) is 17.6 Å². The molecule has 7 N–H and O–H groups in total. The third-order valence-corrected chi connectivity index (χ3v) is 10.6. The predicted molar refractivity (Wildman–Crippen MR) is 212 cm³/mol. The summed E-state index contributed by atoms with van der Waals surface area (Å²) in [6.45, 7) is 5.78. The summed E-state index contributed by atoms with van der Waals surface area (Å²) in [5, 5.41) is 18.8. The highest BCUT2D eigenvalue weighted by molar-refractivity contribution is 6.38. The zero-order valence-corrected chi connectivity index (χ0v) is 35.1. The van der Waals surface area contributed by atoms with Crippen molar-refractivity contribution in [2.45, 2.75) is 115 Å². The second-order valence-electron chi connectivity index (χ2n) is 16.1. The van der Waals surface area contributed by atoms with Crippen LogP contribution in [0.1, 0.15) is 111 Å². The van der Waals surface area contributed by atoms with Gasteiger partial charge in [0.25, 0.3) is 11.8 Å². The standard InChI is InChI=1S/C41H49ClF4N6O10/c1-5-10-23(34(54)38(58)48-17-25(53)50-32(35(47)55)20-13-9-14-21(42)15-20)49-36(56)24-16-22(62-41(2,3)4)18-52(24)39(59)33(19-11-7-6-8-12-19)51-37(57)26-28(43)27(40(60)61)30(45)31(46)29(26)44/h9,13-15,19,22-24,32-33H,5-8,10-12,16-18H2,1-4H3,(H2,47,55)(H,48,58)(H,49,56)(H,50,53)(H,51,57)(H,60,61)/t22-,23?,24+,32?,33+/m1/s1. The van der Waals surface area contributed by atoms with E-state index in [0.29, 0.717) is 25.7 Å². The van der Waals surface area contributed by atoms with Crippen LogP contribution in [-0.2, 0) is 33.5 Å². The molecular weight excluding hydrogens is 848 g/mol. The van der Waals surface area contributed by atoms with E-state index in [4.69, 9.17) is 22.1 Å². The molecule has 1 saturated carbocycles. The summed E-state index contributed by atoms with van der Waals surface area (Å²) in [7, 11) is 0. The Kier molecular flexibility index (Phi) is 16.6. The third-order valence-electron chi connectivity index (χ3n) is 10.4. The maximum atomic E-state index is 15.2. The number of aromatic carboxylic acids is 1. The molecule has 0 radical (unpaired) electrons. The summed E-state index contributed by atoms with van der Waals surface area (Å²) in [6, 6.07) is 0.113. The number of primary amides is 1. The molecule has 0 bridgehead atoms. The SMILES string of the molecule is CCCC(NC(=O)[C@@H]1C[C@@H](OC(C)(C)C)CN1C(=O)[C@@H](NC(=O)c1c(F)c(F)c(F)c(C(=O)O)c1F)C1CCCCC1)C(=O)C(=O)NCC(=O)NC(C(N)=O)c1cccc(Cl)c1. The summed E-state index contributed by atoms with van der Waals surface area (Å²) in [6.07, 6.45) is 1.75. The van der Waals surface area contributed by atoms with Crippen molar-refractivity contribution in [2.24, 2.45) is 11.7 Å². The highest BCUT2D eigenvalue weighted by atomic mass is 35.5. The minimum absolute atomic E-state index is 0.0737. The number of nitrogens with two attached hydrogens (primary N) is 1. The number of halogens is 5. The van der Waals surface area contributed by atoms with E-state index in [2.05, 4.69) is 21.3 Å². The lowest BCUT2D eigenvalue weighted by Gasteiger charge is -2.35. The Balaban J connectivity index is 1.57. The number of carboxylic acid groups (broad SMARTS) is 1. The van der Waals surface area contributed by atoms with Gasteiger partial charge in [0.2, 0.25) is 29.4 Å². The Labute approximate surface area is 359 Å². The number of hydrogen-bond donors (Lipinski definition) is 6. The molecule has 6 amide bonds. The van der Waals surface area contributed by atoms with Crippen LogP contribution in [0.15, 0.2) is 24.3 Å². The van der Waals surface area contributed by atoms with Gasteiger partial charge in [-0.1, -0.05) is 56.3 Å². The first-order chi connectivity index (χ1) is 29.1. The molecule has 1 aliphatic heterocycles. The van der Waals surface area contributed by atoms with Gasteiger partial charge in [-0.2, -0.15) is 0 Å². The number of Topliss-reactive ketones (excluding diaryl/α,β-unsaturated/α-hetero) is 1. The predicted octanol–water partition coefficient (Wildman–Crippen LogP) is 3.37. The van der Waals surface area contributed by atoms with Gasteiger partial charge < -0.3 is 41.7 Å². The summed E-state index contributed by atoms with van der Waals surface area (Å²) in [4.78, 5) is 106. The monoisotopic (exact) mass is 896 g/mol. The van der Waals surface area contributed by atoms with E-state index in [0.717, 1.165) is 11.3 Å². The summed E-state index contributed by atoms with van der Waals surface area (Å²) in [5.41, 5.74) is 1.20. The van der Waals surface area contributed by atoms with Crippen LogP contribution in [-0.4, -0.2) is 100 Å². The largest absolute Gasteiger partial charge is 0.477 e. The lowest BCUT2D eigenvalue weighted by atomic mass is 9.83. The van der Waals surface area contributed by atoms with Crippen molar-refractivity contribution in [1.29, 1.82) is 0 Å². The van der Waals surface area contributed by atoms with Crippen LogP contribution < -0.4 is 27.0 Å². The lowest BCUT2D eigenvalue weighted by Crippen LogP contribution is -2.58. The summed E-state index contributed by atoms with van der Waals surface area (Å²) < 4.78 is 65.0. The van der Waals surface area contributed by atoms with Crippen molar-refractivity contribution >= 4 is 58.8 Å². The van der Waals surface area contributed by atoms with Gasteiger partial charge in [-0.25, -0.2) is 22.4 Å². The number of benzene rings is 2. The van der Waals surface area contributed by atoms with E-state index >= 15 is 4.39 Å². The van der Waals surface area contributed by atoms with Crippen LogP contribution in [0.2, 0.25) is 5.02 Å². The number of carbonyl (C=O) groups excluding carboxylic acids is 7. The molecule has 1 aliphatic carbocycles. The van der Waals surface area contributed by atoms with Gasteiger partial charge >= 0.3 is 5.97 Å². The number of ether oxygens (including phenoxy) is 1. The number of rotatable bonds is 17. The molecule has 2 aliphatic rings. The molecule has 338 valence electrons. The van der Waals surface area contributed by atoms with Crippen LogP contribution in [0, 0.1) is 29.2 Å². The molecule has 4 rings (SSSR count). The maximum Gasteiger partial charge on any atom is 0.341 e. The number of carbonyl (C=O) groups is 8. The van der Waals surface area contributed by atoms with E-state index in [-0.39, 0.29) is 36.4 Å². The number of nitrogens with zero attached hydrogens (tertiary/aromatic N) is 1. The average molecular weight is 897 g/mol. The van der Waals surface area contributed by atoms with Gasteiger partial charge in [0, 0.05) is 18.0 Å². The molecule has 0 aromatic heterocycles. The van der Waals surface area contributed by atoms with Crippen LogP contribution >= 0.6 is 11.6 Å². The Morgan fingerprint density at radius 3 is 2.15 bits per heavy atom. The lowest BCUT2D eigenvalue weighted by molar-refractivity contribution is -0.143. The van der Waals surface area contributed by atoms with Crippen molar-refractivity contribution in [3.05, 3.63) is 69.2 Å². The van der Waals surface area contributed by atoms with E-state index in [9.17, 15) is 56.6 Å². The molecule has 0 spiro atoms. The first kappa shape index (κ1) is 49.0. The fourth-order valence-corrected chi connectivity index (χ4v) is 7.78. The summed E-state index contributed by atoms with van der Waals surface area (Å²) in [5.74, 6) is -20.2. The van der Waals surface area contributed by atoms with Gasteiger partial charge in [-0.3, -0.25) is 33.6 Å². The topological polar surface area (TPSA) is 243 Å². The van der Waals surface area contributed by atoms with Gasteiger partial charge in [0.15, 0.2) is 23.3 Å². The van der Waals surface area contributed by atoms with Crippen molar-refractivity contribution < 1.29 is 65.8 Å². The number of nitrogens with one attached hydrogen (secondary N) is 4. The molecule has 2 unspecified atom stereocenters. The minimum Gasteiger partial charge on any atom is -0.477 e. The Morgan fingerprint density at radius 1 is 0.919 bits per heavy atom. The highest BCUT2D eigenvalue weighted by Crippen LogP contribution is 2.32. The van der Waals surface area contributed by atoms with Gasteiger partial charge in [-0.15, -0.1) is 0 Å². The fraction of sp³-hybridized carbons (Fsp3) is 0.512. The van der Waals surface area contributed by atoms with Crippen LogP contribution in [0.5, 0.6) is 0 Å². The first-order valence-corrected chi connectivity index (χ1v) is 20.3. The average Bonchev–Trinajstić information content (AvgIpc) is 3.62. The number of hydrogen-bond acceptors (Lipinski definition) is 9. The van der Waals surface area contributed by atoms with Crippen LogP contribution in [0.25, 0.3) is 0 Å². The first-order valence-electron chi connectivity index (χ1n) is 19.9. The minimum atomic E-state index is -2.42. The second kappa shape index (κ2) is 21.0. The van der Waals surface area contributed by atoms with Crippen molar-refractivity contribution in [3.8, 4) is 0 Å². The molecule has 2 aromatic carbocycles. The highest BCUT2D eigenvalue weighted by Gasteiger charge is 2.47. The quantitative estimate of drug-likeness (QED) is 0.0586. The van der Waals surface area contributed by atoms with E-state index in [1.165, 1.54) is 24.3 Å². The molecule has 1 saturated heterocycles. The van der Waals surface area contributed by atoms with Crippen molar-refractivity contribution in [1.82, 2.24) is 26.2 Å². The Hall–Kier alpha value is -5.63. The zero-order valence-electron chi connectivity index (χ0n) is 34.4. The van der Waals surface area contributed by atoms with E-state index < -0.39 is 130 Å². The second-order valence-corrected chi connectivity index (χ2v) is 16.5. The molecule has 62 heavy (non-hydrogen) atoms. The number of ketones is 1. The molecule has 21 heteroatoms. The summed E-state index contributed by atoms with van der Waals surface area (Å²) >= 11 is 5.98. The zero-order chi connectivity index (χ0) is 46.2. The smallest absolute Gasteiger partial charge is 0.341 e. The Morgan fingerprint density at radius 2 is 1.56 bits per heavy atom. The molecular formula is C41H49ClF4N6O10. The van der Waals surface area contributed by atoms with Gasteiger partial charge in [0.1, 0.15) is 29.3 Å². The van der Waals surface area contributed by atoms with Crippen molar-refractivity contribution in [2.75, 3.05) is 13.1 Å². The molecule has 1 heterocycles. The number of amides is 6. The van der Waals surface area contributed by atoms with Gasteiger partial charge in [0.05, 0.1) is 24.3 Å². The Bertz CT molecular complexity index is 2100. The third kappa shape index (κ3) is 12.0. The normalized spacial score (nSPS) is 18.2. The van der Waals surface area contributed by atoms with Crippen molar-refractivity contribution in [3.63, 3.8) is 0 Å². The maximum absolute atomic E-state index is 15.2. The van der Waals surface area contributed by atoms with E-state index in [1.54, 1.807) is 27.7 Å². The van der Waals surface area contributed by atoms with E-state index in [1.807, 2.05) is 0 Å². The fourth-order valence-electron chi connectivity index (χ4n) is 7.58. The molecule has 5 atom stereocenters. The number of likely N-dealkylation sites (tertiary alicyclic amines) is 1. The van der Waals surface area contributed by atoms with Gasteiger partial charge in [-0.05, 0) is 63.6 Å². The van der Waals surface area contributed by atoms with Crippen LogP contribution in [0.3, 0.4) is 0 Å². The molecule has 16 nitrogen and oxygen atoms in total.